The van der Waals surface area contributed by atoms with Crippen molar-refractivity contribution >= 4 is 5.97 Å². The van der Waals surface area contributed by atoms with Crippen molar-refractivity contribution in [1.82, 2.24) is 5.32 Å². The average Bonchev–Trinajstić information content (AvgIpc) is 2.40. The number of hydrogen-bond acceptors (Lipinski definition) is 4. The third kappa shape index (κ3) is 6.47. The fraction of sp³-hybridized carbons (Fsp3) is 0.500. The van der Waals surface area contributed by atoms with Gasteiger partial charge in [-0.3, -0.25) is 4.79 Å². The molecule has 0 aromatic heterocycles. The molecule has 1 rings (SSSR count). The lowest BCUT2D eigenvalue weighted by Crippen LogP contribution is -2.17. The summed E-state index contributed by atoms with van der Waals surface area (Å²) in [6.45, 7) is 0.314. The van der Waals surface area contributed by atoms with Crippen LogP contribution in [0.25, 0.3) is 0 Å². The second kappa shape index (κ2) is 9.25. The molecule has 4 nitrogen and oxygen atoms in total. The Bertz CT molecular complexity index is 413. The first kappa shape index (κ1) is 16.4. The van der Waals surface area contributed by atoms with E-state index in [4.69, 9.17) is 4.74 Å². The van der Waals surface area contributed by atoms with Crippen LogP contribution in [0.3, 0.4) is 0 Å². The Morgan fingerprint density at radius 3 is 2.80 bits per heavy atom. The van der Waals surface area contributed by atoms with Gasteiger partial charge in [0.1, 0.15) is 5.75 Å². The second-order valence-corrected chi connectivity index (χ2v) is 4.07. The van der Waals surface area contributed by atoms with Crippen molar-refractivity contribution < 1.29 is 23.0 Å². The summed E-state index contributed by atoms with van der Waals surface area (Å²) in [5.41, 5.74) is 0.656. The van der Waals surface area contributed by atoms with E-state index in [9.17, 15) is 13.6 Å². The molecule has 20 heavy (non-hydrogen) atoms. The van der Waals surface area contributed by atoms with Gasteiger partial charge in [-0.25, -0.2) is 0 Å². The number of halogens is 2. The maximum atomic E-state index is 12.2. The fourth-order valence-corrected chi connectivity index (χ4v) is 1.67. The Hall–Kier alpha value is -1.69. The molecule has 0 aliphatic carbocycles. The summed E-state index contributed by atoms with van der Waals surface area (Å²) in [6.07, 6.45) is 0.979. The molecule has 112 valence electrons. The molecule has 1 aromatic carbocycles. The van der Waals surface area contributed by atoms with E-state index in [-0.39, 0.29) is 11.7 Å². The zero-order valence-corrected chi connectivity index (χ0v) is 11.4. The number of ether oxygens (including phenoxy) is 2. The molecule has 6 heteroatoms. The van der Waals surface area contributed by atoms with Crippen LogP contribution in [0, 0.1) is 0 Å². The molecule has 0 spiro atoms. The predicted molar refractivity (Wildman–Crippen MR) is 70.6 cm³/mol. The lowest BCUT2D eigenvalue weighted by Gasteiger charge is -2.11. The van der Waals surface area contributed by atoms with Crippen LogP contribution in [-0.4, -0.2) is 25.7 Å². The highest BCUT2D eigenvalue weighted by Gasteiger charge is 2.08. The summed E-state index contributed by atoms with van der Waals surface area (Å²) in [5, 5.41) is 3.08. The molecular weight excluding hydrogens is 268 g/mol. The Balaban J connectivity index is 2.29. The normalized spacial score (nSPS) is 10.6. The largest absolute Gasteiger partial charge is 0.466 e. The Morgan fingerprint density at radius 1 is 1.35 bits per heavy atom. The van der Waals surface area contributed by atoms with Crippen molar-refractivity contribution in [2.45, 2.75) is 32.9 Å². The van der Waals surface area contributed by atoms with Crippen LogP contribution < -0.4 is 10.1 Å². The first-order valence-electron chi connectivity index (χ1n) is 6.52. The van der Waals surface area contributed by atoms with E-state index in [1.807, 2.05) is 0 Å². The summed E-state index contributed by atoms with van der Waals surface area (Å²) >= 11 is 0. The Kier molecular flexibility index (Phi) is 7.57. The fourth-order valence-electron chi connectivity index (χ4n) is 1.67. The number of hydrogen-bond donors (Lipinski definition) is 1. The minimum Gasteiger partial charge on any atom is -0.466 e. The molecule has 0 bridgehead atoms. The topological polar surface area (TPSA) is 47.6 Å². The van der Waals surface area contributed by atoms with Crippen molar-refractivity contribution in [3.05, 3.63) is 29.8 Å². The monoisotopic (exact) mass is 287 g/mol. The van der Waals surface area contributed by atoms with Crippen molar-refractivity contribution in [2.24, 2.45) is 0 Å². The molecule has 0 saturated heterocycles. The number of para-hydroxylation sites is 1. The summed E-state index contributed by atoms with van der Waals surface area (Å²) < 4.78 is 33.6. The Labute approximate surface area is 117 Å². The van der Waals surface area contributed by atoms with Crippen molar-refractivity contribution in [1.29, 1.82) is 0 Å². The van der Waals surface area contributed by atoms with Gasteiger partial charge in [0.05, 0.1) is 6.61 Å². The first-order chi connectivity index (χ1) is 9.63. The molecular formula is C14H19F2NO3. The van der Waals surface area contributed by atoms with Crippen LogP contribution in [0.2, 0.25) is 0 Å². The zero-order valence-electron chi connectivity index (χ0n) is 11.4. The number of nitrogens with one attached hydrogen (secondary N) is 1. The summed E-state index contributed by atoms with van der Waals surface area (Å²) in [6, 6.07) is 6.62. The molecule has 0 unspecified atom stereocenters. The van der Waals surface area contributed by atoms with E-state index in [0.29, 0.717) is 38.1 Å². The summed E-state index contributed by atoms with van der Waals surface area (Å²) in [5.74, 6) is -0.0591. The van der Waals surface area contributed by atoms with E-state index in [2.05, 4.69) is 10.1 Å². The highest BCUT2D eigenvalue weighted by atomic mass is 19.3. The van der Waals surface area contributed by atoms with E-state index in [0.717, 1.165) is 0 Å². The van der Waals surface area contributed by atoms with E-state index in [1.165, 1.54) is 6.07 Å². The maximum absolute atomic E-state index is 12.2. The lowest BCUT2D eigenvalue weighted by molar-refractivity contribution is -0.143. The van der Waals surface area contributed by atoms with Crippen LogP contribution in [0.1, 0.15) is 25.3 Å². The smallest absolute Gasteiger partial charge is 0.387 e. The molecule has 0 amide bonds. The molecule has 0 heterocycles. The molecule has 1 aromatic rings. The van der Waals surface area contributed by atoms with Gasteiger partial charge in [-0.05, 0) is 26.0 Å². The molecule has 0 aliphatic heterocycles. The van der Waals surface area contributed by atoms with Gasteiger partial charge in [0.25, 0.3) is 0 Å². The highest BCUT2D eigenvalue weighted by molar-refractivity contribution is 5.69. The number of esters is 1. The minimum atomic E-state index is -2.83. The van der Waals surface area contributed by atoms with Gasteiger partial charge in [-0.2, -0.15) is 8.78 Å². The average molecular weight is 287 g/mol. The van der Waals surface area contributed by atoms with Gasteiger partial charge >= 0.3 is 12.6 Å². The third-order valence-corrected chi connectivity index (χ3v) is 2.54. The minimum absolute atomic E-state index is 0.167. The quantitative estimate of drug-likeness (QED) is 0.560. The summed E-state index contributed by atoms with van der Waals surface area (Å²) in [7, 11) is 0. The Morgan fingerprint density at radius 2 is 2.10 bits per heavy atom. The van der Waals surface area contributed by atoms with Gasteiger partial charge in [-0.15, -0.1) is 0 Å². The van der Waals surface area contributed by atoms with Crippen molar-refractivity contribution in [3.8, 4) is 5.75 Å². The number of carbonyl (C=O) groups excluding carboxylic acids is 1. The third-order valence-electron chi connectivity index (χ3n) is 2.54. The van der Waals surface area contributed by atoms with Gasteiger partial charge < -0.3 is 14.8 Å². The van der Waals surface area contributed by atoms with Crippen LogP contribution >= 0.6 is 0 Å². The molecule has 1 N–H and O–H groups in total. The van der Waals surface area contributed by atoms with Gasteiger partial charge in [-0.1, -0.05) is 18.2 Å². The van der Waals surface area contributed by atoms with E-state index < -0.39 is 6.61 Å². The maximum Gasteiger partial charge on any atom is 0.387 e. The van der Waals surface area contributed by atoms with Gasteiger partial charge in [0.15, 0.2) is 0 Å². The van der Waals surface area contributed by atoms with E-state index >= 15 is 0 Å². The molecule has 0 fully saturated rings. The molecule has 0 atom stereocenters. The van der Waals surface area contributed by atoms with Crippen molar-refractivity contribution in [2.75, 3.05) is 13.2 Å². The summed E-state index contributed by atoms with van der Waals surface area (Å²) in [4.78, 5) is 11.1. The molecule has 0 aliphatic rings. The van der Waals surface area contributed by atoms with Crippen LogP contribution in [-0.2, 0) is 16.1 Å². The molecule has 0 radical (unpaired) electrons. The first-order valence-corrected chi connectivity index (χ1v) is 6.52. The molecule has 0 saturated carbocycles. The van der Waals surface area contributed by atoms with Gasteiger partial charge in [0, 0.05) is 18.5 Å². The lowest BCUT2D eigenvalue weighted by atomic mass is 10.2. The number of carbonyl (C=O) groups is 1. The van der Waals surface area contributed by atoms with E-state index in [1.54, 1.807) is 25.1 Å². The highest BCUT2D eigenvalue weighted by Crippen LogP contribution is 2.19. The SMILES string of the molecule is CCOC(=O)CCCNCc1ccccc1OC(F)F. The number of rotatable bonds is 9. The predicted octanol–water partition coefficient (Wildman–Crippen LogP) is 2.72. The van der Waals surface area contributed by atoms with Gasteiger partial charge in [0.2, 0.25) is 0 Å². The van der Waals surface area contributed by atoms with Crippen LogP contribution in [0.4, 0.5) is 8.78 Å². The standard InChI is InChI=1S/C14H19F2NO3/c1-2-19-13(18)8-5-9-17-10-11-6-3-4-7-12(11)20-14(15)16/h3-4,6-7,14,17H,2,5,8-10H2,1H3. The second-order valence-electron chi connectivity index (χ2n) is 4.07. The number of alkyl halides is 2. The zero-order chi connectivity index (χ0) is 14.8. The van der Waals surface area contributed by atoms with Crippen molar-refractivity contribution in [3.63, 3.8) is 0 Å². The van der Waals surface area contributed by atoms with Crippen LogP contribution in [0.5, 0.6) is 5.75 Å². The van der Waals surface area contributed by atoms with Crippen LogP contribution in [0.15, 0.2) is 24.3 Å². The number of benzene rings is 1.